The van der Waals surface area contributed by atoms with Crippen LogP contribution in [-0.4, -0.2) is 123 Å². The zero-order valence-corrected chi connectivity index (χ0v) is 29.2. The molecule has 24 nitrogen and oxygen atoms in total. The summed E-state index contributed by atoms with van der Waals surface area (Å²) >= 11 is 1.93. The monoisotopic (exact) mass is 779 g/mol. The minimum Gasteiger partial charge on any atom is -0.726 e. The molecule has 0 aliphatic carbocycles. The van der Waals surface area contributed by atoms with Crippen LogP contribution in [0.4, 0.5) is 16.6 Å². The molecule has 4 heterocycles. The number of nitrogens with two attached hydrogens (primary N) is 3. The normalized spacial score (nSPS) is 18.1. The molecule has 1 fully saturated rings. The number of rotatable bonds is 13. The fourth-order valence-corrected chi connectivity index (χ4v) is 6.06. The number of carbonyl (C=O) groups excluding carboxylic acids is 3. The number of aliphatic hydroxyl groups is 1. The van der Waals surface area contributed by atoms with Gasteiger partial charge in [0.05, 0.1) is 7.05 Å². The minimum absolute atomic E-state index is 0.0120. The molecule has 2 aliphatic heterocycles. The highest BCUT2D eigenvalue weighted by Crippen LogP contribution is 2.40. The van der Waals surface area contributed by atoms with Crippen molar-refractivity contribution in [1.82, 2.24) is 24.3 Å². The van der Waals surface area contributed by atoms with Crippen molar-refractivity contribution in [2.75, 3.05) is 29.1 Å². The molecule has 2 aromatic rings. The molecular formula is C24H33N11O13S3. The Morgan fingerprint density at radius 3 is 2.43 bits per heavy atom. The van der Waals surface area contributed by atoms with Crippen LogP contribution in [0.3, 0.4) is 0 Å². The highest BCUT2D eigenvalue weighted by atomic mass is 32.3. The smallest absolute Gasteiger partial charge is 0.352 e. The van der Waals surface area contributed by atoms with Gasteiger partial charge in [-0.1, -0.05) is 5.16 Å². The second kappa shape index (κ2) is 16.0. The Bertz CT molecular complexity index is 1880. The largest absolute Gasteiger partial charge is 0.726 e. The van der Waals surface area contributed by atoms with E-state index in [1.54, 1.807) is 7.05 Å². The number of aromatic nitrogens is 4. The van der Waals surface area contributed by atoms with Crippen LogP contribution in [0.15, 0.2) is 22.6 Å². The van der Waals surface area contributed by atoms with Crippen LogP contribution in [0, 0.1) is 0 Å². The molecule has 0 radical (unpaired) electrons. The lowest BCUT2D eigenvalue weighted by Gasteiger charge is -2.49. The summed E-state index contributed by atoms with van der Waals surface area (Å²) in [5, 5.41) is 37.1. The zero-order chi connectivity index (χ0) is 38.6. The summed E-state index contributed by atoms with van der Waals surface area (Å²) in [6, 6.07) is -1.18. The molecule has 12 N–H and O–H groups in total. The number of carboxylic acid groups (broad SMARTS) is 2. The van der Waals surface area contributed by atoms with Gasteiger partial charge in [0.2, 0.25) is 33.7 Å². The lowest BCUT2D eigenvalue weighted by atomic mass is 10.0. The maximum atomic E-state index is 13.3. The van der Waals surface area contributed by atoms with Gasteiger partial charge in [0.25, 0.3) is 17.7 Å². The number of thioether (sulfide) groups is 1. The van der Waals surface area contributed by atoms with E-state index in [4.69, 9.17) is 39.6 Å². The molecular weight excluding hydrogens is 747 g/mol. The SMILES string of the molecule is Cn1c(N)c(NC(=O)[C@@H](O)CCN)c[n+]1CC1=C(C(=O)O)N2C(=O)[C@@H](NC(=O)/C(=N\OC(C)(C)C(=O)O)c3nsc(N)n3)[C@H]2SC1.O=S(=O)([O-])O. The van der Waals surface area contributed by atoms with Gasteiger partial charge in [-0.05, 0) is 26.8 Å². The van der Waals surface area contributed by atoms with E-state index in [0.717, 1.165) is 16.4 Å². The predicted molar refractivity (Wildman–Crippen MR) is 174 cm³/mol. The highest BCUT2D eigenvalue weighted by Gasteiger charge is 2.55. The van der Waals surface area contributed by atoms with Gasteiger partial charge >= 0.3 is 11.9 Å². The first kappa shape index (κ1) is 40.5. The van der Waals surface area contributed by atoms with Crippen molar-refractivity contribution in [3.63, 3.8) is 0 Å². The quantitative estimate of drug-likeness (QED) is 0.0233. The average Bonchev–Trinajstić information content (AvgIpc) is 3.56. The molecule has 51 heavy (non-hydrogen) atoms. The second-order valence-corrected chi connectivity index (χ2v) is 13.7. The predicted octanol–water partition coefficient (Wildman–Crippen LogP) is -4.00. The second-order valence-electron chi connectivity index (χ2n) is 11.0. The van der Waals surface area contributed by atoms with Crippen LogP contribution < -0.4 is 32.5 Å². The topological polar surface area (TPSA) is 385 Å². The summed E-state index contributed by atoms with van der Waals surface area (Å²) in [5.74, 6) is -5.17. The Kier molecular flexibility index (Phi) is 12.7. The van der Waals surface area contributed by atoms with Crippen molar-refractivity contribution in [3.05, 3.63) is 23.3 Å². The van der Waals surface area contributed by atoms with E-state index in [9.17, 15) is 39.3 Å². The molecule has 4 rings (SSSR count). The number of nitrogen functional groups attached to an aromatic ring is 2. The molecule has 0 unspecified atom stereocenters. The number of hydrogen-bond donors (Lipinski definition) is 9. The molecule has 1 saturated heterocycles. The third-order valence-electron chi connectivity index (χ3n) is 6.93. The van der Waals surface area contributed by atoms with Gasteiger partial charge < -0.3 is 52.5 Å². The number of aliphatic carboxylic acids is 2. The fourth-order valence-electron chi connectivity index (χ4n) is 4.29. The van der Waals surface area contributed by atoms with E-state index in [1.807, 2.05) is 0 Å². The number of hydrogen-bond acceptors (Lipinski definition) is 18. The van der Waals surface area contributed by atoms with Gasteiger partial charge in [0, 0.05) is 22.9 Å². The summed E-state index contributed by atoms with van der Waals surface area (Å²) in [5.41, 5.74) is 15.0. The maximum absolute atomic E-state index is 13.3. The maximum Gasteiger partial charge on any atom is 0.352 e. The van der Waals surface area contributed by atoms with E-state index in [-0.39, 0.29) is 53.4 Å². The van der Waals surface area contributed by atoms with Gasteiger partial charge in [-0.2, -0.15) is 9.36 Å². The summed E-state index contributed by atoms with van der Waals surface area (Å²) < 4.78 is 39.7. The number of nitrogens with zero attached hydrogens (tertiary/aromatic N) is 6. The first-order valence-electron chi connectivity index (χ1n) is 14.1. The number of β-lactam (4-membered cyclic amide) rings is 1. The molecule has 0 saturated carbocycles. The Morgan fingerprint density at radius 2 is 1.90 bits per heavy atom. The van der Waals surface area contributed by atoms with E-state index in [1.165, 1.54) is 41.2 Å². The van der Waals surface area contributed by atoms with Crippen LogP contribution in [0.1, 0.15) is 26.1 Å². The lowest BCUT2D eigenvalue weighted by Crippen LogP contribution is -2.71. The van der Waals surface area contributed by atoms with Gasteiger partial charge in [0.15, 0.2) is 23.2 Å². The Morgan fingerprint density at radius 1 is 1.27 bits per heavy atom. The van der Waals surface area contributed by atoms with Crippen molar-refractivity contribution < 1.29 is 66.3 Å². The number of oxime groups is 1. The van der Waals surface area contributed by atoms with Crippen molar-refractivity contribution >= 4 is 85.7 Å². The number of nitrogens with one attached hydrogen (secondary N) is 2. The van der Waals surface area contributed by atoms with Crippen molar-refractivity contribution in [1.29, 1.82) is 0 Å². The molecule has 3 amide bonds. The number of amides is 3. The summed E-state index contributed by atoms with van der Waals surface area (Å²) in [6.07, 6.45) is 0.151. The number of carbonyl (C=O) groups is 5. The number of aliphatic hydroxyl groups excluding tert-OH is 1. The Labute approximate surface area is 296 Å². The van der Waals surface area contributed by atoms with Gasteiger partial charge in [-0.25, -0.2) is 18.0 Å². The lowest BCUT2D eigenvalue weighted by molar-refractivity contribution is -0.765. The van der Waals surface area contributed by atoms with Crippen LogP contribution in [0.25, 0.3) is 0 Å². The molecule has 3 atom stereocenters. The van der Waals surface area contributed by atoms with Gasteiger partial charge in [-0.3, -0.25) is 23.8 Å². The number of carboxylic acids is 2. The van der Waals surface area contributed by atoms with Crippen LogP contribution in [-0.2, 0) is 52.8 Å². The molecule has 2 aromatic heterocycles. The van der Waals surface area contributed by atoms with E-state index in [0.29, 0.717) is 5.57 Å². The van der Waals surface area contributed by atoms with E-state index < -0.39 is 68.9 Å². The van der Waals surface area contributed by atoms with Crippen LogP contribution in [0.2, 0.25) is 0 Å². The standard InChI is InChI=1S/C24H31N11O9S2.H2O4S/c1-24(2,22(42)43)44-31-12(16-30-23(27)46-32-16)18(38)29-13-19(39)35-14(21(40)41)9(8-45-20(13)35)6-34-7-10(15(26)33(34)3)28-17(37)11(36)4-5-25;1-5(2,3)4/h7,11,13,20,26,36H,4-6,8,25H2,1-3H3,(H6,27,28,29,30,32,37,38,40,41,42,43);(H2,1,2,3,4)/b31-12-;/t11-,13+,20+;/m0./s1. The molecule has 280 valence electrons. The van der Waals surface area contributed by atoms with E-state index in [2.05, 4.69) is 25.1 Å². The number of anilines is 3. The Hall–Kier alpha value is -4.93. The molecule has 0 spiro atoms. The molecule has 27 heteroatoms. The zero-order valence-electron chi connectivity index (χ0n) is 26.7. The fraction of sp³-hybridized carbons (Fsp3) is 0.458. The number of fused-ring (bicyclic) bond motifs is 1. The highest BCUT2D eigenvalue weighted by molar-refractivity contribution is 8.00. The third-order valence-corrected chi connectivity index (χ3v) is 8.81. The van der Waals surface area contributed by atoms with Crippen LogP contribution in [0.5, 0.6) is 0 Å². The van der Waals surface area contributed by atoms with Crippen molar-refractivity contribution in [2.45, 2.75) is 49.9 Å². The summed E-state index contributed by atoms with van der Waals surface area (Å²) in [4.78, 5) is 72.6. The third kappa shape index (κ3) is 9.86. The van der Waals surface area contributed by atoms with Gasteiger partial charge in [-0.15, -0.1) is 21.1 Å². The van der Waals surface area contributed by atoms with Crippen molar-refractivity contribution in [2.24, 2.45) is 17.9 Å². The van der Waals surface area contributed by atoms with Crippen molar-refractivity contribution in [3.8, 4) is 0 Å². The summed E-state index contributed by atoms with van der Waals surface area (Å²) in [6.45, 7) is 2.46. The molecule has 0 aromatic carbocycles. The summed E-state index contributed by atoms with van der Waals surface area (Å²) in [7, 11) is -3.34. The Balaban J connectivity index is 0.00000131. The molecule has 0 bridgehead atoms. The average molecular weight is 780 g/mol. The van der Waals surface area contributed by atoms with Crippen LogP contribution >= 0.6 is 23.3 Å². The van der Waals surface area contributed by atoms with E-state index >= 15 is 0 Å². The first-order valence-corrected chi connectivity index (χ1v) is 17.3. The minimum atomic E-state index is -4.92. The molecule has 2 aliphatic rings. The van der Waals surface area contributed by atoms with Gasteiger partial charge in [0.1, 0.15) is 23.2 Å². The first-order chi connectivity index (χ1) is 23.6.